The molecular formula is C27H26FN7O. The highest BCUT2D eigenvalue weighted by molar-refractivity contribution is 5.74. The third-order valence-corrected chi connectivity index (χ3v) is 6.80. The normalized spacial score (nSPS) is 14.4. The SMILES string of the molecule is Cc1cn2cc(-c3ccc(-c4ccc(C5CN(Cc6cn(C)nc6C)C5)nn4)c(O)c3)cc(F)c2n1. The van der Waals surface area contributed by atoms with Crippen LogP contribution >= 0.6 is 0 Å². The van der Waals surface area contributed by atoms with Crippen molar-refractivity contribution >= 4 is 5.65 Å². The van der Waals surface area contributed by atoms with Crippen molar-refractivity contribution in [2.45, 2.75) is 26.3 Å². The first kappa shape index (κ1) is 22.4. The molecular weight excluding hydrogens is 457 g/mol. The summed E-state index contributed by atoms with van der Waals surface area (Å²) in [5, 5.41) is 24.0. The first-order chi connectivity index (χ1) is 17.3. The van der Waals surface area contributed by atoms with Gasteiger partial charge in [0.25, 0.3) is 0 Å². The number of fused-ring (bicyclic) bond motifs is 1. The Kier molecular flexibility index (Phi) is 5.30. The molecule has 8 nitrogen and oxygen atoms in total. The van der Waals surface area contributed by atoms with E-state index in [1.807, 2.05) is 43.8 Å². The topological polar surface area (TPSA) is 84.4 Å². The number of phenols is 1. The van der Waals surface area contributed by atoms with Crippen LogP contribution in [-0.4, -0.2) is 52.5 Å². The Morgan fingerprint density at radius 1 is 1.00 bits per heavy atom. The highest BCUT2D eigenvalue weighted by atomic mass is 19.1. The summed E-state index contributed by atoms with van der Waals surface area (Å²) >= 11 is 0. The quantitative estimate of drug-likeness (QED) is 0.402. The molecule has 5 aromatic rings. The van der Waals surface area contributed by atoms with Gasteiger partial charge < -0.3 is 9.51 Å². The van der Waals surface area contributed by atoms with E-state index < -0.39 is 5.82 Å². The summed E-state index contributed by atoms with van der Waals surface area (Å²) in [6.45, 7) is 6.61. The zero-order valence-electron chi connectivity index (χ0n) is 20.4. The zero-order valence-corrected chi connectivity index (χ0v) is 20.4. The summed E-state index contributed by atoms with van der Waals surface area (Å²) in [6.07, 6.45) is 5.65. The minimum absolute atomic E-state index is 0.0681. The summed E-state index contributed by atoms with van der Waals surface area (Å²) in [7, 11) is 1.94. The fourth-order valence-corrected chi connectivity index (χ4v) is 4.90. The van der Waals surface area contributed by atoms with Crippen LogP contribution in [0.1, 0.15) is 28.6 Å². The van der Waals surface area contributed by atoms with Crippen LogP contribution in [0.25, 0.3) is 28.0 Å². The van der Waals surface area contributed by atoms with Gasteiger partial charge in [-0.1, -0.05) is 6.07 Å². The summed E-state index contributed by atoms with van der Waals surface area (Å²) in [5.74, 6) is 0.00500. The maximum Gasteiger partial charge on any atom is 0.173 e. The highest BCUT2D eigenvalue weighted by Gasteiger charge is 2.30. The van der Waals surface area contributed by atoms with E-state index in [9.17, 15) is 9.50 Å². The number of pyridine rings is 1. The third kappa shape index (κ3) is 4.01. The second-order valence-electron chi connectivity index (χ2n) is 9.57. The van der Waals surface area contributed by atoms with Gasteiger partial charge >= 0.3 is 0 Å². The predicted molar refractivity (Wildman–Crippen MR) is 134 cm³/mol. The Hall–Kier alpha value is -4.11. The van der Waals surface area contributed by atoms with Gasteiger partial charge in [-0.05, 0) is 49.7 Å². The molecule has 0 spiro atoms. The Balaban J connectivity index is 1.16. The van der Waals surface area contributed by atoms with E-state index >= 15 is 0 Å². The fraction of sp³-hybridized carbons (Fsp3) is 0.259. The molecule has 1 saturated heterocycles. The average molecular weight is 484 g/mol. The number of aryl methyl sites for hydroxylation is 3. The number of aromatic nitrogens is 6. The number of nitrogens with zero attached hydrogens (tertiary/aromatic N) is 7. The molecule has 0 radical (unpaired) electrons. The van der Waals surface area contributed by atoms with E-state index in [1.165, 1.54) is 11.6 Å². The predicted octanol–water partition coefficient (Wildman–Crippen LogP) is 4.25. The largest absolute Gasteiger partial charge is 0.507 e. The molecule has 0 bridgehead atoms. The molecule has 36 heavy (non-hydrogen) atoms. The molecule has 0 atom stereocenters. The van der Waals surface area contributed by atoms with Crippen molar-refractivity contribution in [3.63, 3.8) is 0 Å². The van der Waals surface area contributed by atoms with Gasteiger partial charge in [-0.15, -0.1) is 0 Å². The lowest BCUT2D eigenvalue weighted by Gasteiger charge is -2.38. The maximum atomic E-state index is 14.5. The number of likely N-dealkylation sites (tertiary alicyclic amines) is 1. The minimum atomic E-state index is -0.407. The number of benzene rings is 1. The van der Waals surface area contributed by atoms with Crippen molar-refractivity contribution in [3.8, 4) is 28.1 Å². The third-order valence-electron chi connectivity index (χ3n) is 6.80. The van der Waals surface area contributed by atoms with E-state index in [0.29, 0.717) is 28.3 Å². The summed E-state index contributed by atoms with van der Waals surface area (Å²) < 4.78 is 18.0. The second-order valence-corrected chi connectivity index (χ2v) is 9.57. The van der Waals surface area contributed by atoms with E-state index in [2.05, 4.69) is 31.4 Å². The molecule has 0 saturated carbocycles. The van der Waals surface area contributed by atoms with Crippen molar-refractivity contribution < 1.29 is 9.50 Å². The van der Waals surface area contributed by atoms with Gasteiger partial charge in [0.05, 0.1) is 22.8 Å². The van der Waals surface area contributed by atoms with Crippen LogP contribution in [0.15, 0.2) is 55.0 Å². The number of rotatable bonds is 5. The standard InChI is InChI=1S/C27H26FN7O/c1-16-10-35-15-19(8-23(28)27(35)29-16)18-4-5-22(26(36)9-18)25-7-6-24(30-31-25)21-13-34(14-21)12-20-11-33(3)32-17(20)2/h4-11,15,21,36H,12-14H2,1-3H3. The van der Waals surface area contributed by atoms with Crippen LogP contribution < -0.4 is 0 Å². The molecule has 0 aliphatic carbocycles. The first-order valence-electron chi connectivity index (χ1n) is 11.9. The molecule has 4 aromatic heterocycles. The Morgan fingerprint density at radius 3 is 2.53 bits per heavy atom. The van der Waals surface area contributed by atoms with E-state index in [4.69, 9.17) is 0 Å². The smallest absolute Gasteiger partial charge is 0.173 e. The molecule has 0 amide bonds. The van der Waals surface area contributed by atoms with Gasteiger partial charge in [-0.25, -0.2) is 9.37 Å². The van der Waals surface area contributed by atoms with Crippen LogP contribution in [0.4, 0.5) is 4.39 Å². The number of hydrogen-bond acceptors (Lipinski definition) is 6. The molecule has 1 aliphatic heterocycles. The van der Waals surface area contributed by atoms with Crippen LogP contribution in [0.5, 0.6) is 5.75 Å². The van der Waals surface area contributed by atoms with Crippen LogP contribution in [-0.2, 0) is 13.6 Å². The Morgan fingerprint density at radius 2 is 1.83 bits per heavy atom. The fourth-order valence-electron chi connectivity index (χ4n) is 4.90. The van der Waals surface area contributed by atoms with Crippen molar-refractivity contribution in [1.82, 2.24) is 34.3 Å². The lowest BCUT2D eigenvalue weighted by molar-refractivity contribution is 0.136. The van der Waals surface area contributed by atoms with Gasteiger partial charge in [0.15, 0.2) is 11.5 Å². The van der Waals surface area contributed by atoms with Crippen molar-refractivity contribution in [2.24, 2.45) is 7.05 Å². The molecule has 182 valence electrons. The molecule has 6 rings (SSSR count). The monoisotopic (exact) mass is 483 g/mol. The lowest BCUT2D eigenvalue weighted by Crippen LogP contribution is -2.44. The van der Waals surface area contributed by atoms with Gasteiger partial charge in [-0.2, -0.15) is 15.3 Å². The highest BCUT2D eigenvalue weighted by Crippen LogP contribution is 2.34. The minimum Gasteiger partial charge on any atom is -0.507 e. The number of halogens is 1. The lowest BCUT2D eigenvalue weighted by atomic mass is 9.95. The van der Waals surface area contributed by atoms with Gasteiger partial charge in [0, 0.05) is 67.9 Å². The molecule has 0 unspecified atom stereocenters. The first-order valence-corrected chi connectivity index (χ1v) is 11.9. The van der Waals surface area contributed by atoms with Crippen LogP contribution in [0, 0.1) is 19.7 Å². The number of phenolic OH excluding ortho intramolecular Hbond substituents is 1. The second kappa shape index (κ2) is 8.53. The van der Waals surface area contributed by atoms with Crippen molar-refractivity contribution in [1.29, 1.82) is 0 Å². The Labute approximate surface area is 207 Å². The maximum absolute atomic E-state index is 14.5. The average Bonchev–Trinajstić information content (AvgIpc) is 3.36. The number of imidazole rings is 1. The summed E-state index contributed by atoms with van der Waals surface area (Å²) in [5.41, 5.74) is 6.82. The zero-order chi connectivity index (χ0) is 25.0. The van der Waals surface area contributed by atoms with E-state index in [0.717, 1.165) is 36.7 Å². The molecule has 1 N–H and O–H groups in total. The molecule has 1 aliphatic rings. The van der Waals surface area contributed by atoms with Crippen molar-refractivity contribution in [3.05, 3.63) is 83.5 Å². The Bertz CT molecular complexity index is 1580. The van der Waals surface area contributed by atoms with Crippen LogP contribution in [0.3, 0.4) is 0 Å². The summed E-state index contributed by atoms with van der Waals surface area (Å²) in [6, 6.07) is 10.6. The van der Waals surface area contributed by atoms with E-state index in [1.54, 1.807) is 28.9 Å². The molecule has 9 heteroatoms. The summed E-state index contributed by atoms with van der Waals surface area (Å²) in [4.78, 5) is 6.57. The van der Waals surface area contributed by atoms with E-state index in [-0.39, 0.29) is 11.4 Å². The van der Waals surface area contributed by atoms with Gasteiger partial charge in [-0.3, -0.25) is 9.58 Å². The van der Waals surface area contributed by atoms with Gasteiger partial charge in [0.1, 0.15) is 5.75 Å². The number of aromatic hydroxyl groups is 1. The number of hydrogen-bond donors (Lipinski definition) is 1. The van der Waals surface area contributed by atoms with Gasteiger partial charge in [0.2, 0.25) is 0 Å². The molecule has 5 heterocycles. The molecule has 1 aromatic carbocycles. The van der Waals surface area contributed by atoms with Crippen molar-refractivity contribution in [2.75, 3.05) is 13.1 Å². The van der Waals surface area contributed by atoms with Crippen LogP contribution in [0.2, 0.25) is 0 Å². The molecule has 1 fully saturated rings.